The van der Waals surface area contributed by atoms with Crippen LogP contribution in [0.5, 0.6) is 0 Å². The van der Waals surface area contributed by atoms with Crippen molar-refractivity contribution in [2.75, 3.05) is 0 Å². The minimum Gasteiger partial charge on any atom is -0.335 e. The smallest absolute Gasteiger partial charge is 0.177 e. The molecule has 0 aromatic carbocycles. The first-order valence-corrected chi connectivity index (χ1v) is 5.78. The number of aryl methyl sites for hydroxylation is 1. The molecular formula is C10H12N2S2. The Bertz CT molecular complexity index is 465. The van der Waals surface area contributed by atoms with Gasteiger partial charge in [0.05, 0.1) is 6.04 Å². The van der Waals surface area contributed by atoms with Gasteiger partial charge < -0.3 is 9.55 Å². The summed E-state index contributed by atoms with van der Waals surface area (Å²) in [6, 6.07) is 4.53. The molecular weight excluding hydrogens is 212 g/mol. The molecule has 0 amide bonds. The first-order chi connectivity index (χ1) is 6.68. The average molecular weight is 224 g/mol. The third kappa shape index (κ3) is 1.67. The van der Waals surface area contributed by atoms with Crippen LogP contribution in [-0.4, -0.2) is 9.55 Å². The molecule has 0 bridgehead atoms. The summed E-state index contributed by atoms with van der Waals surface area (Å²) in [5.41, 5.74) is 1.11. The van der Waals surface area contributed by atoms with Crippen LogP contribution < -0.4 is 0 Å². The van der Waals surface area contributed by atoms with E-state index < -0.39 is 0 Å². The highest BCUT2D eigenvalue weighted by molar-refractivity contribution is 7.71. The number of thiophene rings is 1. The molecule has 2 nitrogen and oxygen atoms in total. The van der Waals surface area contributed by atoms with E-state index in [2.05, 4.69) is 40.2 Å². The monoisotopic (exact) mass is 224 g/mol. The van der Waals surface area contributed by atoms with Gasteiger partial charge in [0, 0.05) is 16.8 Å². The highest BCUT2D eigenvalue weighted by atomic mass is 32.1. The van der Waals surface area contributed by atoms with Gasteiger partial charge in [-0.2, -0.15) is 0 Å². The number of hydrogen-bond donors (Lipinski definition) is 1. The lowest BCUT2D eigenvalue weighted by Crippen LogP contribution is -2.03. The van der Waals surface area contributed by atoms with Gasteiger partial charge in [0.15, 0.2) is 4.77 Å². The van der Waals surface area contributed by atoms with E-state index in [4.69, 9.17) is 12.2 Å². The van der Waals surface area contributed by atoms with Crippen molar-refractivity contribution >= 4 is 23.6 Å². The fraction of sp³-hybridized carbons (Fsp3) is 0.300. The van der Waals surface area contributed by atoms with Gasteiger partial charge in [-0.05, 0) is 37.5 Å². The molecule has 0 spiro atoms. The SMILES string of the molecule is Cc1cn(C(C)c2cccs2)c(=S)[nH]1. The van der Waals surface area contributed by atoms with Crippen molar-refractivity contribution in [3.8, 4) is 0 Å². The molecule has 14 heavy (non-hydrogen) atoms. The zero-order chi connectivity index (χ0) is 10.1. The Labute approximate surface area is 92.2 Å². The summed E-state index contributed by atoms with van der Waals surface area (Å²) in [7, 11) is 0. The lowest BCUT2D eigenvalue weighted by molar-refractivity contribution is 0.640. The molecule has 2 rings (SSSR count). The highest BCUT2D eigenvalue weighted by Crippen LogP contribution is 2.23. The molecule has 1 atom stereocenters. The molecule has 0 radical (unpaired) electrons. The second-order valence-electron chi connectivity index (χ2n) is 3.34. The van der Waals surface area contributed by atoms with Crippen LogP contribution in [0.15, 0.2) is 23.7 Å². The van der Waals surface area contributed by atoms with Crippen molar-refractivity contribution < 1.29 is 0 Å². The number of aromatic nitrogens is 2. The molecule has 0 aliphatic carbocycles. The van der Waals surface area contributed by atoms with E-state index in [1.807, 2.05) is 6.92 Å². The Kier molecular flexibility index (Phi) is 2.56. The quantitative estimate of drug-likeness (QED) is 0.774. The van der Waals surface area contributed by atoms with Crippen molar-refractivity contribution in [3.05, 3.63) is 39.1 Å². The van der Waals surface area contributed by atoms with Crippen LogP contribution in [0.3, 0.4) is 0 Å². The molecule has 2 aromatic rings. The van der Waals surface area contributed by atoms with Gasteiger partial charge >= 0.3 is 0 Å². The Hall–Kier alpha value is -0.870. The van der Waals surface area contributed by atoms with E-state index in [0.717, 1.165) is 10.5 Å². The van der Waals surface area contributed by atoms with Gasteiger partial charge in [-0.15, -0.1) is 11.3 Å². The number of imidazole rings is 1. The molecule has 0 fully saturated rings. The molecule has 74 valence electrons. The van der Waals surface area contributed by atoms with Gasteiger partial charge in [-0.25, -0.2) is 0 Å². The molecule has 0 saturated heterocycles. The maximum atomic E-state index is 5.24. The van der Waals surface area contributed by atoms with Crippen LogP contribution in [0.1, 0.15) is 23.5 Å². The van der Waals surface area contributed by atoms with E-state index in [1.54, 1.807) is 11.3 Å². The predicted molar refractivity (Wildman–Crippen MR) is 62.5 cm³/mol. The standard InChI is InChI=1S/C10H12N2S2/c1-7-6-12(10(13)11-7)8(2)9-4-3-5-14-9/h3-6,8H,1-2H3,(H,11,13). The second kappa shape index (κ2) is 3.71. The number of aromatic amines is 1. The molecule has 0 aliphatic rings. The van der Waals surface area contributed by atoms with Crippen molar-refractivity contribution in [2.45, 2.75) is 19.9 Å². The topological polar surface area (TPSA) is 20.7 Å². The largest absolute Gasteiger partial charge is 0.335 e. The summed E-state index contributed by atoms with van der Waals surface area (Å²) in [6.45, 7) is 4.18. The normalized spacial score (nSPS) is 13.0. The fourth-order valence-electron chi connectivity index (χ4n) is 1.49. The molecule has 2 heterocycles. The van der Waals surface area contributed by atoms with E-state index in [-0.39, 0.29) is 0 Å². The number of H-pyrrole nitrogens is 1. The fourth-order valence-corrected chi connectivity index (χ4v) is 2.64. The van der Waals surface area contributed by atoms with Crippen LogP contribution >= 0.6 is 23.6 Å². The van der Waals surface area contributed by atoms with E-state index in [0.29, 0.717) is 6.04 Å². The summed E-state index contributed by atoms with van der Waals surface area (Å²) in [4.78, 5) is 4.47. The average Bonchev–Trinajstić information content (AvgIpc) is 2.73. The van der Waals surface area contributed by atoms with Crippen LogP contribution in [0, 0.1) is 11.7 Å². The van der Waals surface area contributed by atoms with Crippen molar-refractivity contribution in [1.29, 1.82) is 0 Å². The molecule has 0 aliphatic heterocycles. The summed E-state index contributed by atoms with van der Waals surface area (Å²) in [6.07, 6.45) is 2.06. The summed E-state index contributed by atoms with van der Waals surface area (Å²) in [5.74, 6) is 0. The molecule has 1 unspecified atom stereocenters. The first kappa shape index (κ1) is 9.68. The van der Waals surface area contributed by atoms with Gasteiger partial charge in [-0.1, -0.05) is 6.07 Å². The van der Waals surface area contributed by atoms with Crippen LogP contribution in [0.2, 0.25) is 0 Å². The number of hydrogen-bond acceptors (Lipinski definition) is 2. The summed E-state index contributed by atoms with van der Waals surface area (Å²) in [5, 5.41) is 2.09. The van der Waals surface area contributed by atoms with Gasteiger partial charge in [0.1, 0.15) is 0 Å². The Morgan fingerprint density at radius 2 is 2.36 bits per heavy atom. The minimum atomic E-state index is 0.326. The maximum absolute atomic E-state index is 5.24. The minimum absolute atomic E-state index is 0.326. The van der Waals surface area contributed by atoms with Crippen molar-refractivity contribution in [1.82, 2.24) is 9.55 Å². The van der Waals surface area contributed by atoms with Crippen LogP contribution in [0.4, 0.5) is 0 Å². The Morgan fingerprint density at radius 1 is 1.57 bits per heavy atom. The zero-order valence-corrected chi connectivity index (χ0v) is 9.78. The second-order valence-corrected chi connectivity index (χ2v) is 4.71. The summed E-state index contributed by atoms with van der Waals surface area (Å²) < 4.78 is 2.89. The Balaban J connectivity index is 2.41. The van der Waals surface area contributed by atoms with Crippen LogP contribution in [0.25, 0.3) is 0 Å². The van der Waals surface area contributed by atoms with E-state index >= 15 is 0 Å². The maximum Gasteiger partial charge on any atom is 0.177 e. The molecule has 4 heteroatoms. The van der Waals surface area contributed by atoms with Gasteiger partial charge in [0.25, 0.3) is 0 Å². The summed E-state index contributed by atoms with van der Waals surface area (Å²) >= 11 is 7.00. The molecule has 1 N–H and O–H groups in total. The lowest BCUT2D eigenvalue weighted by atomic mass is 10.3. The third-order valence-corrected chi connectivity index (χ3v) is 3.60. The third-order valence-electron chi connectivity index (χ3n) is 2.24. The Morgan fingerprint density at radius 3 is 2.86 bits per heavy atom. The molecule has 0 saturated carbocycles. The first-order valence-electron chi connectivity index (χ1n) is 4.49. The number of nitrogens with zero attached hydrogens (tertiary/aromatic N) is 1. The van der Waals surface area contributed by atoms with Gasteiger partial charge in [-0.3, -0.25) is 0 Å². The van der Waals surface area contributed by atoms with Crippen molar-refractivity contribution in [3.63, 3.8) is 0 Å². The van der Waals surface area contributed by atoms with E-state index in [9.17, 15) is 0 Å². The highest BCUT2D eigenvalue weighted by Gasteiger charge is 2.09. The number of nitrogens with one attached hydrogen (secondary N) is 1. The lowest BCUT2D eigenvalue weighted by Gasteiger charge is -2.10. The van der Waals surface area contributed by atoms with Gasteiger partial charge in [0.2, 0.25) is 0 Å². The number of rotatable bonds is 2. The zero-order valence-electron chi connectivity index (χ0n) is 8.15. The predicted octanol–water partition coefficient (Wildman–Crippen LogP) is 3.52. The van der Waals surface area contributed by atoms with Crippen LogP contribution in [-0.2, 0) is 0 Å². The van der Waals surface area contributed by atoms with Crippen molar-refractivity contribution in [2.24, 2.45) is 0 Å². The van der Waals surface area contributed by atoms with E-state index in [1.165, 1.54) is 4.88 Å². The molecule has 2 aromatic heterocycles.